The van der Waals surface area contributed by atoms with E-state index in [2.05, 4.69) is 27.7 Å². The molecule has 0 saturated carbocycles. The van der Waals surface area contributed by atoms with Crippen molar-refractivity contribution >= 4 is 21.8 Å². The van der Waals surface area contributed by atoms with Crippen molar-refractivity contribution in [3.8, 4) is 0 Å². The summed E-state index contributed by atoms with van der Waals surface area (Å²) in [5, 5.41) is 0. The van der Waals surface area contributed by atoms with Gasteiger partial charge in [-0.25, -0.2) is 8.42 Å². The molecular formula is C30H51N3O4S. The molecule has 1 fully saturated rings. The number of nitrogens with zero attached hydrogens (tertiary/aromatic N) is 3. The molecule has 1 aromatic carbocycles. The highest BCUT2D eigenvalue weighted by Gasteiger charge is 2.33. The first-order chi connectivity index (χ1) is 17.7. The van der Waals surface area contributed by atoms with Gasteiger partial charge in [0, 0.05) is 38.6 Å². The van der Waals surface area contributed by atoms with E-state index < -0.39 is 10.0 Å². The maximum atomic E-state index is 13.7. The predicted molar refractivity (Wildman–Crippen MR) is 155 cm³/mol. The Balaban J connectivity index is 2.14. The van der Waals surface area contributed by atoms with E-state index in [0.29, 0.717) is 57.8 Å². The van der Waals surface area contributed by atoms with Crippen LogP contribution >= 0.6 is 0 Å². The Morgan fingerprint density at radius 1 is 1.05 bits per heavy atom. The lowest BCUT2D eigenvalue weighted by atomic mass is 9.84. The first kappa shape index (κ1) is 32.3. The number of carbonyl (C=O) groups is 2. The fourth-order valence-corrected chi connectivity index (χ4v) is 7.09. The van der Waals surface area contributed by atoms with Gasteiger partial charge in [0.25, 0.3) is 0 Å². The number of hydrogen-bond acceptors (Lipinski definition) is 4. The van der Waals surface area contributed by atoms with E-state index in [0.717, 1.165) is 12.0 Å². The molecule has 1 saturated heterocycles. The molecule has 216 valence electrons. The molecule has 1 aliphatic heterocycles. The molecular weight excluding hydrogens is 498 g/mol. The van der Waals surface area contributed by atoms with Gasteiger partial charge in [-0.05, 0) is 48.5 Å². The molecule has 1 heterocycles. The Morgan fingerprint density at radius 2 is 1.66 bits per heavy atom. The van der Waals surface area contributed by atoms with E-state index in [1.807, 2.05) is 60.9 Å². The zero-order valence-electron chi connectivity index (χ0n) is 24.8. The quantitative estimate of drug-likeness (QED) is 0.340. The number of amides is 2. The van der Waals surface area contributed by atoms with E-state index in [4.69, 9.17) is 0 Å². The van der Waals surface area contributed by atoms with Crippen LogP contribution in [0.4, 0.5) is 0 Å². The largest absolute Gasteiger partial charge is 0.343 e. The van der Waals surface area contributed by atoms with E-state index in [1.165, 1.54) is 4.31 Å². The standard InChI is InChI=1S/C30H51N3O4S/c1-8-18-38(36,37)32(21-24(2)3)23-29(35)33(22-26-12-10-9-11-13-26)27-14-16-31(17-15-27)28(34)19-25(4)20-30(5,6)7/h9-13,24-25,27H,8,14-23H2,1-7H3. The molecule has 2 rings (SSSR count). The smallest absolute Gasteiger partial charge is 0.238 e. The Kier molecular flexibility index (Phi) is 12.3. The molecule has 0 N–H and O–H groups in total. The van der Waals surface area contributed by atoms with Gasteiger partial charge in [0.1, 0.15) is 0 Å². The van der Waals surface area contributed by atoms with Gasteiger partial charge in [-0.1, -0.05) is 78.8 Å². The summed E-state index contributed by atoms with van der Waals surface area (Å²) in [5.41, 5.74) is 1.21. The molecule has 0 aromatic heterocycles. The summed E-state index contributed by atoms with van der Waals surface area (Å²) in [6.07, 6.45) is 3.46. The van der Waals surface area contributed by atoms with Gasteiger partial charge in [0.15, 0.2) is 0 Å². The Morgan fingerprint density at radius 3 is 2.18 bits per heavy atom. The number of hydrogen-bond donors (Lipinski definition) is 0. The van der Waals surface area contributed by atoms with Crippen LogP contribution in [0.5, 0.6) is 0 Å². The maximum Gasteiger partial charge on any atom is 0.238 e. The molecule has 0 spiro atoms. The van der Waals surface area contributed by atoms with Crippen LogP contribution < -0.4 is 0 Å². The molecule has 0 bridgehead atoms. The van der Waals surface area contributed by atoms with Gasteiger partial charge in [-0.15, -0.1) is 0 Å². The summed E-state index contributed by atoms with van der Waals surface area (Å²) in [7, 11) is -3.51. The second-order valence-corrected chi connectivity index (χ2v) is 14.8. The highest BCUT2D eigenvalue weighted by Crippen LogP contribution is 2.27. The maximum absolute atomic E-state index is 13.7. The molecule has 38 heavy (non-hydrogen) atoms. The fraction of sp³-hybridized carbons (Fsp3) is 0.733. The van der Waals surface area contributed by atoms with E-state index in [-0.39, 0.29) is 41.5 Å². The first-order valence-corrected chi connectivity index (χ1v) is 15.9. The number of carbonyl (C=O) groups excluding carboxylic acids is 2. The van der Waals surface area contributed by atoms with Crippen molar-refractivity contribution < 1.29 is 18.0 Å². The predicted octanol–water partition coefficient (Wildman–Crippen LogP) is 5.17. The highest BCUT2D eigenvalue weighted by molar-refractivity contribution is 7.89. The van der Waals surface area contributed by atoms with Crippen LogP contribution in [-0.4, -0.2) is 72.3 Å². The zero-order valence-corrected chi connectivity index (χ0v) is 25.6. The molecule has 7 nitrogen and oxygen atoms in total. The van der Waals surface area contributed by atoms with Crippen molar-refractivity contribution in [2.45, 2.75) is 93.2 Å². The number of benzene rings is 1. The molecule has 1 unspecified atom stereocenters. The van der Waals surface area contributed by atoms with E-state index in [1.54, 1.807) is 0 Å². The van der Waals surface area contributed by atoms with Crippen molar-refractivity contribution in [3.05, 3.63) is 35.9 Å². The number of piperidine rings is 1. The third-order valence-corrected chi connectivity index (χ3v) is 8.98. The van der Waals surface area contributed by atoms with Gasteiger partial charge in [-0.2, -0.15) is 4.31 Å². The van der Waals surface area contributed by atoms with Crippen molar-refractivity contribution in [2.75, 3.05) is 31.9 Å². The first-order valence-electron chi connectivity index (χ1n) is 14.3. The summed E-state index contributed by atoms with van der Waals surface area (Å²) >= 11 is 0. The number of rotatable bonds is 13. The lowest BCUT2D eigenvalue weighted by Crippen LogP contribution is -2.52. The normalized spacial score (nSPS) is 16.2. The molecule has 0 radical (unpaired) electrons. The summed E-state index contributed by atoms with van der Waals surface area (Å²) in [6, 6.07) is 9.81. The Bertz CT molecular complexity index is 981. The molecule has 8 heteroatoms. The summed E-state index contributed by atoms with van der Waals surface area (Å²) in [6.45, 7) is 16.4. The lowest BCUT2D eigenvalue weighted by Gasteiger charge is -2.40. The SMILES string of the molecule is CCCS(=O)(=O)N(CC(=O)N(Cc1ccccc1)C1CCN(C(=O)CC(C)CC(C)(C)C)CC1)CC(C)C. The zero-order chi connectivity index (χ0) is 28.5. The molecule has 1 atom stereocenters. The van der Waals surface area contributed by atoms with Gasteiger partial charge in [-0.3, -0.25) is 9.59 Å². The third kappa shape index (κ3) is 10.7. The Hall–Kier alpha value is -1.93. The van der Waals surface area contributed by atoms with Crippen LogP contribution in [0.2, 0.25) is 0 Å². The summed E-state index contributed by atoms with van der Waals surface area (Å²) in [5.74, 6) is 0.507. The van der Waals surface area contributed by atoms with Gasteiger partial charge in [0.05, 0.1) is 12.3 Å². The average molecular weight is 550 g/mol. The van der Waals surface area contributed by atoms with Crippen LogP contribution in [0, 0.1) is 17.3 Å². The summed E-state index contributed by atoms with van der Waals surface area (Å²) in [4.78, 5) is 30.5. The third-order valence-electron chi connectivity index (χ3n) is 6.99. The minimum Gasteiger partial charge on any atom is -0.343 e. The number of sulfonamides is 1. The van der Waals surface area contributed by atoms with Crippen LogP contribution in [-0.2, 0) is 26.2 Å². The average Bonchev–Trinajstić information content (AvgIpc) is 2.81. The van der Waals surface area contributed by atoms with E-state index in [9.17, 15) is 18.0 Å². The monoisotopic (exact) mass is 549 g/mol. The highest BCUT2D eigenvalue weighted by atomic mass is 32.2. The van der Waals surface area contributed by atoms with Gasteiger partial charge >= 0.3 is 0 Å². The van der Waals surface area contributed by atoms with Crippen LogP contribution in [0.15, 0.2) is 30.3 Å². The second kappa shape index (κ2) is 14.5. The van der Waals surface area contributed by atoms with E-state index >= 15 is 0 Å². The minimum atomic E-state index is -3.51. The number of likely N-dealkylation sites (tertiary alicyclic amines) is 1. The van der Waals surface area contributed by atoms with Crippen molar-refractivity contribution in [2.24, 2.45) is 17.3 Å². The lowest BCUT2D eigenvalue weighted by molar-refractivity contribution is -0.138. The Labute approximate surface area is 232 Å². The van der Waals surface area contributed by atoms with Crippen LogP contribution in [0.25, 0.3) is 0 Å². The van der Waals surface area contributed by atoms with Crippen molar-refractivity contribution in [1.82, 2.24) is 14.1 Å². The fourth-order valence-electron chi connectivity index (χ4n) is 5.49. The van der Waals surface area contributed by atoms with Crippen LogP contribution in [0.3, 0.4) is 0 Å². The van der Waals surface area contributed by atoms with Crippen LogP contribution in [0.1, 0.15) is 86.1 Å². The van der Waals surface area contributed by atoms with Crippen molar-refractivity contribution in [3.63, 3.8) is 0 Å². The molecule has 0 aliphatic carbocycles. The molecule has 1 aliphatic rings. The minimum absolute atomic E-state index is 0.0338. The van der Waals surface area contributed by atoms with Gasteiger partial charge < -0.3 is 9.80 Å². The molecule has 2 amide bonds. The summed E-state index contributed by atoms with van der Waals surface area (Å²) < 4.78 is 27.3. The molecule has 1 aromatic rings. The van der Waals surface area contributed by atoms with Crippen molar-refractivity contribution in [1.29, 1.82) is 0 Å². The topological polar surface area (TPSA) is 78.0 Å². The van der Waals surface area contributed by atoms with Gasteiger partial charge in [0.2, 0.25) is 21.8 Å². The second-order valence-electron chi connectivity index (χ2n) is 12.7.